The van der Waals surface area contributed by atoms with Gasteiger partial charge in [0.25, 0.3) is 0 Å². The molecule has 4 aromatic rings. The van der Waals surface area contributed by atoms with E-state index in [1.54, 1.807) is 23.3 Å². The van der Waals surface area contributed by atoms with E-state index in [1.807, 2.05) is 68.6 Å². The number of nitrogens with one attached hydrogen (secondary N) is 2. The fourth-order valence-electron chi connectivity index (χ4n) is 5.72. The normalized spacial score (nSPS) is 20.1. The molecule has 6 rings (SSSR count). The molecule has 2 aromatic carbocycles. The first kappa shape index (κ1) is 32.0. The Morgan fingerprint density at radius 2 is 1.77 bits per heavy atom. The molecule has 13 nitrogen and oxygen atoms in total. The van der Waals surface area contributed by atoms with Gasteiger partial charge in [0.05, 0.1) is 37.6 Å². The number of hydrogen-bond acceptors (Lipinski definition) is 10. The second-order valence-corrected chi connectivity index (χ2v) is 11.7. The summed E-state index contributed by atoms with van der Waals surface area (Å²) < 4.78 is 20.5. The van der Waals surface area contributed by atoms with Crippen molar-refractivity contribution in [3.8, 4) is 5.75 Å². The molecule has 0 bridgehead atoms. The molecule has 246 valence electrons. The third-order valence-electron chi connectivity index (χ3n) is 8.55. The lowest BCUT2D eigenvalue weighted by molar-refractivity contribution is -0.191. The predicted octanol–water partition coefficient (Wildman–Crippen LogP) is 4.27. The van der Waals surface area contributed by atoms with Gasteiger partial charge in [-0.1, -0.05) is 6.92 Å². The number of nitrogens with zero attached hydrogens (tertiary/aromatic N) is 7. The van der Waals surface area contributed by atoms with Crippen LogP contribution in [0.3, 0.4) is 0 Å². The summed E-state index contributed by atoms with van der Waals surface area (Å²) in [5, 5.41) is 22.9. The van der Waals surface area contributed by atoms with Gasteiger partial charge in [0.15, 0.2) is 0 Å². The van der Waals surface area contributed by atoms with Crippen LogP contribution in [-0.2, 0) is 21.8 Å². The van der Waals surface area contributed by atoms with Gasteiger partial charge in [0.2, 0.25) is 5.79 Å². The number of carbonyl (C=O) groups is 1. The highest BCUT2D eigenvalue weighted by molar-refractivity contribution is 6.06. The number of urea groups is 1. The smallest absolute Gasteiger partial charge is 0.327 e. The van der Waals surface area contributed by atoms with E-state index in [1.165, 1.54) is 4.90 Å². The molecule has 0 aliphatic carbocycles. The van der Waals surface area contributed by atoms with Gasteiger partial charge >= 0.3 is 6.03 Å². The number of carbonyl (C=O) groups excluding carboxylic acids is 1. The number of aromatic nitrogens is 4. The number of hydrogen-bond donors (Lipinski definition) is 2. The zero-order valence-electron chi connectivity index (χ0n) is 26.7. The molecule has 3 atom stereocenters. The van der Waals surface area contributed by atoms with Crippen molar-refractivity contribution in [1.82, 2.24) is 25.3 Å². The number of piperazine rings is 1. The van der Waals surface area contributed by atoms with Gasteiger partial charge in [-0.15, -0.1) is 0 Å². The maximum atomic E-state index is 12.6. The Labute approximate surface area is 274 Å². The molecule has 13 heteroatoms. The molecule has 4 heterocycles. The highest BCUT2D eigenvalue weighted by atomic mass is 16.8. The van der Waals surface area contributed by atoms with E-state index >= 15 is 0 Å². The average molecular weight is 640 g/mol. The third kappa shape index (κ3) is 7.53. The van der Waals surface area contributed by atoms with Gasteiger partial charge in [-0.25, -0.2) is 4.79 Å². The molecular weight excluding hydrogens is 598 g/mol. The van der Waals surface area contributed by atoms with Gasteiger partial charge < -0.3 is 29.3 Å². The van der Waals surface area contributed by atoms with Crippen molar-refractivity contribution >= 4 is 29.4 Å². The van der Waals surface area contributed by atoms with E-state index in [-0.39, 0.29) is 18.2 Å². The Morgan fingerprint density at radius 3 is 2.36 bits per heavy atom. The minimum absolute atomic E-state index is 0.0438. The van der Waals surface area contributed by atoms with Crippen molar-refractivity contribution in [2.75, 3.05) is 54.1 Å². The summed E-state index contributed by atoms with van der Waals surface area (Å²) in [5.74, 6) is -0.253. The van der Waals surface area contributed by atoms with Crippen molar-refractivity contribution in [2.45, 2.75) is 44.7 Å². The van der Waals surface area contributed by atoms with Crippen LogP contribution in [-0.4, -0.2) is 83.9 Å². The van der Waals surface area contributed by atoms with Crippen molar-refractivity contribution in [2.24, 2.45) is 0 Å². The van der Waals surface area contributed by atoms with Crippen LogP contribution in [0.15, 0.2) is 85.5 Å². The lowest BCUT2D eigenvalue weighted by Gasteiger charge is -2.37. The molecular formula is C34H41N9O4. The minimum Gasteiger partial charge on any atom is -0.491 e. The largest absolute Gasteiger partial charge is 0.491 e. The van der Waals surface area contributed by atoms with Crippen molar-refractivity contribution < 1.29 is 19.0 Å². The lowest BCUT2D eigenvalue weighted by atomic mass is 10.1. The first-order valence-electron chi connectivity index (χ1n) is 16.0. The summed E-state index contributed by atoms with van der Waals surface area (Å²) >= 11 is 0. The summed E-state index contributed by atoms with van der Waals surface area (Å²) in [6, 6.07) is 19.4. The number of benzene rings is 2. The molecule has 0 radical (unpaired) electrons. The number of anilines is 3. The van der Waals surface area contributed by atoms with Crippen molar-refractivity contribution in [1.29, 1.82) is 5.41 Å². The quantitative estimate of drug-likeness (QED) is 0.172. The first-order chi connectivity index (χ1) is 23.0. The second-order valence-electron chi connectivity index (χ2n) is 11.7. The van der Waals surface area contributed by atoms with Gasteiger partial charge in [0, 0.05) is 61.6 Å². The Kier molecular flexibility index (Phi) is 9.93. The maximum absolute atomic E-state index is 12.6. The van der Waals surface area contributed by atoms with E-state index in [0.29, 0.717) is 25.4 Å². The van der Waals surface area contributed by atoms with Crippen molar-refractivity contribution in [3.05, 3.63) is 91.0 Å². The van der Waals surface area contributed by atoms with Crippen LogP contribution >= 0.6 is 0 Å². The molecule has 2 N–H and O–H groups in total. The zero-order chi connectivity index (χ0) is 32.6. The standard InChI is InChI=1S/C34H41N9O4/c1-3-26(2)39-33(44)43(25-35)30-7-5-28(6-8-30)40-17-19-41(20-18-40)29-9-11-31(12-10-29)45-22-32-23-46-34(47-32,24-42-16-4-14-38-42)27-13-15-36-37-21-27/h4-16,21,25-26,32,35H,3,17-20,22-24H2,1-2H3,(H,39,44). The van der Waals surface area contributed by atoms with E-state index in [0.717, 1.165) is 61.6 Å². The summed E-state index contributed by atoms with van der Waals surface area (Å²) in [4.78, 5) is 18.6. The molecule has 47 heavy (non-hydrogen) atoms. The van der Waals surface area contributed by atoms with E-state index in [4.69, 9.17) is 19.6 Å². The van der Waals surface area contributed by atoms with E-state index in [9.17, 15) is 4.79 Å². The Hall–Kier alpha value is -5.01. The van der Waals surface area contributed by atoms with Crippen LogP contribution in [0.2, 0.25) is 0 Å². The molecule has 2 aliphatic heterocycles. The molecule has 2 saturated heterocycles. The monoisotopic (exact) mass is 639 g/mol. The molecule has 2 amide bonds. The Bertz CT molecular complexity index is 1580. The van der Waals surface area contributed by atoms with E-state index in [2.05, 4.69) is 42.5 Å². The van der Waals surface area contributed by atoms with Gasteiger partial charge in [-0.3, -0.25) is 15.0 Å². The number of rotatable bonds is 12. The number of ether oxygens (including phenoxy) is 3. The maximum Gasteiger partial charge on any atom is 0.327 e. The fourth-order valence-corrected chi connectivity index (χ4v) is 5.72. The lowest BCUT2D eigenvalue weighted by Crippen LogP contribution is -2.46. The highest BCUT2D eigenvalue weighted by Gasteiger charge is 2.44. The summed E-state index contributed by atoms with van der Waals surface area (Å²) in [6.07, 6.45) is 8.49. The second kappa shape index (κ2) is 14.6. The first-order valence-corrected chi connectivity index (χ1v) is 16.0. The third-order valence-corrected chi connectivity index (χ3v) is 8.55. The van der Waals surface area contributed by atoms with Gasteiger partial charge in [-0.2, -0.15) is 15.3 Å². The minimum atomic E-state index is -1.02. The molecule has 0 saturated carbocycles. The van der Waals surface area contributed by atoms with E-state index < -0.39 is 5.79 Å². The summed E-state index contributed by atoms with van der Waals surface area (Å²) in [5.41, 5.74) is 3.68. The average Bonchev–Trinajstić information content (AvgIpc) is 3.79. The van der Waals surface area contributed by atoms with Crippen LogP contribution in [0.1, 0.15) is 25.8 Å². The molecule has 3 unspecified atom stereocenters. The zero-order valence-corrected chi connectivity index (χ0v) is 26.7. The van der Waals surface area contributed by atoms with Crippen molar-refractivity contribution in [3.63, 3.8) is 0 Å². The Balaban J connectivity index is 0.991. The summed E-state index contributed by atoms with van der Waals surface area (Å²) in [7, 11) is 0. The molecule has 2 fully saturated rings. The fraction of sp³-hybridized carbons (Fsp3) is 0.382. The predicted molar refractivity (Wildman–Crippen MR) is 179 cm³/mol. The Morgan fingerprint density at radius 1 is 1.06 bits per heavy atom. The molecule has 2 aliphatic rings. The van der Waals surface area contributed by atoms with Crippen LogP contribution < -0.4 is 24.8 Å². The SMILES string of the molecule is CCC(C)NC(=O)N(C=N)c1ccc(N2CCN(c3ccc(OCC4COC(Cn5cccn5)(c5ccnnc5)O4)cc3)CC2)cc1. The molecule has 0 spiro atoms. The number of amides is 2. The van der Waals surface area contributed by atoms with Gasteiger partial charge in [-0.05, 0) is 74.0 Å². The topological polar surface area (TPSA) is 134 Å². The van der Waals surface area contributed by atoms with Crippen LogP contribution in [0, 0.1) is 5.41 Å². The van der Waals surface area contributed by atoms with Crippen LogP contribution in [0.25, 0.3) is 0 Å². The highest BCUT2D eigenvalue weighted by Crippen LogP contribution is 2.36. The van der Waals surface area contributed by atoms with Crippen LogP contribution in [0.4, 0.5) is 21.9 Å². The molecule has 2 aromatic heterocycles. The van der Waals surface area contributed by atoms with Crippen LogP contribution in [0.5, 0.6) is 5.75 Å². The summed E-state index contributed by atoms with van der Waals surface area (Å²) in [6.45, 7) is 8.56. The van der Waals surface area contributed by atoms with Gasteiger partial charge in [0.1, 0.15) is 18.5 Å².